The summed E-state index contributed by atoms with van der Waals surface area (Å²) >= 11 is 0. The summed E-state index contributed by atoms with van der Waals surface area (Å²) in [6.07, 6.45) is 0.375. The number of aromatic amines is 1. The third kappa shape index (κ3) is 2.29. The standard InChI is InChI=1S/C15H18N4O3/c1-17-13-12(14(21)18(15(17)22)8-5-9-20)19(16-13)10-11-6-3-2-4-7-11/h2-4,6-7,16,20H,5,8-10H2,1H3. The van der Waals surface area contributed by atoms with Crippen LogP contribution in [0, 0.1) is 0 Å². The van der Waals surface area contributed by atoms with Crippen LogP contribution in [0.4, 0.5) is 0 Å². The number of aryl methyl sites for hydroxylation is 1. The molecule has 0 aliphatic rings. The van der Waals surface area contributed by atoms with Gasteiger partial charge in [0.05, 0.1) is 6.54 Å². The molecule has 0 aliphatic heterocycles. The Labute approximate surface area is 126 Å². The van der Waals surface area contributed by atoms with Gasteiger partial charge in [-0.15, -0.1) is 0 Å². The zero-order chi connectivity index (χ0) is 15.7. The van der Waals surface area contributed by atoms with E-state index in [1.54, 1.807) is 11.7 Å². The lowest BCUT2D eigenvalue weighted by Gasteiger charge is -2.19. The molecule has 22 heavy (non-hydrogen) atoms. The molecule has 3 aromatic rings. The topological polar surface area (TPSA) is 84.9 Å². The largest absolute Gasteiger partial charge is 0.396 e. The maximum absolute atomic E-state index is 12.5. The minimum Gasteiger partial charge on any atom is -0.396 e. The first-order valence-corrected chi connectivity index (χ1v) is 7.16. The summed E-state index contributed by atoms with van der Waals surface area (Å²) in [5, 5.41) is 12.0. The lowest BCUT2D eigenvalue weighted by Crippen LogP contribution is -2.43. The van der Waals surface area contributed by atoms with Crippen molar-refractivity contribution in [1.82, 2.24) is 18.9 Å². The summed E-state index contributed by atoms with van der Waals surface area (Å²) in [4.78, 5) is 24.7. The number of aliphatic hydroxyl groups is 1. The van der Waals surface area contributed by atoms with Gasteiger partial charge < -0.3 is 5.11 Å². The first-order valence-electron chi connectivity index (χ1n) is 7.16. The molecule has 0 spiro atoms. The van der Waals surface area contributed by atoms with Crippen LogP contribution < -0.4 is 11.2 Å². The fourth-order valence-corrected chi connectivity index (χ4v) is 2.56. The predicted octanol–water partition coefficient (Wildman–Crippen LogP) is 0.260. The summed E-state index contributed by atoms with van der Waals surface area (Å²) in [5.41, 5.74) is 1.40. The van der Waals surface area contributed by atoms with Gasteiger partial charge in [-0.05, 0) is 12.0 Å². The second kappa shape index (κ2) is 5.69. The molecule has 3 rings (SSSR count). The van der Waals surface area contributed by atoms with Crippen molar-refractivity contribution >= 4 is 11.2 Å². The van der Waals surface area contributed by atoms with E-state index in [-0.39, 0.29) is 24.4 Å². The summed E-state index contributed by atoms with van der Waals surface area (Å²) in [6, 6.07) is 9.77. The lowest BCUT2D eigenvalue weighted by atomic mass is 10.2. The van der Waals surface area contributed by atoms with Crippen LogP contribution in [0.25, 0.3) is 11.2 Å². The highest BCUT2D eigenvalue weighted by atomic mass is 16.3. The number of nitrogens with one attached hydrogen (secondary N) is 1. The Kier molecular flexibility index (Phi) is 3.72. The molecule has 0 saturated carbocycles. The van der Waals surface area contributed by atoms with E-state index >= 15 is 0 Å². The molecule has 7 nitrogen and oxygen atoms in total. The van der Waals surface area contributed by atoms with E-state index < -0.39 is 0 Å². The van der Waals surface area contributed by atoms with E-state index in [0.717, 1.165) is 5.56 Å². The monoisotopic (exact) mass is 302 g/mol. The number of rotatable bonds is 5. The fourth-order valence-electron chi connectivity index (χ4n) is 2.56. The fraction of sp³-hybridized carbons (Fsp3) is 0.333. The van der Waals surface area contributed by atoms with Crippen molar-refractivity contribution in [2.24, 2.45) is 7.05 Å². The van der Waals surface area contributed by atoms with Crippen LogP contribution in [-0.4, -0.2) is 30.6 Å². The van der Waals surface area contributed by atoms with Gasteiger partial charge in [0.2, 0.25) is 0 Å². The second-order valence-electron chi connectivity index (χ2n) is 5.26. The molecule has 0 aliphatic carbocycles. The Hall–Kier alpha value is -2.54. The molecule has 0 atom stereocenters. The molecular weight excluding hydrogens is 284 g/mol. The maximum atomic E-state index is 12.5. The molecule has 0 bridgehead atoms. The van der Waals surface area contributed by atoms with Crippen molar-refractivity contribution in [2.75, 3.05) is 6.61 Å². The quantitative estimate of drug-likeness (QED) is 0.709. The van der Waals surface area contributed by atoms with Gasteiger partial charge in [0.1, 0.15) is 0 Å². The molecule has 2 heterocycles. The highest BCUT2D eigenvalue weighted by Gasteiger charge is 2.18. The van der Waals surface area contributed by atoms with E-state index in [0.29, 0.717) is 24.1 Å². The lowest BCUT2D eigenvalue weighted by molar-refractivity contribution is 0.277. The number of H-pyrrole nitrogens is 1. The number of nitrogens with zero attached hydrogens (tertiary/aromatic N) is 3. The molecule has 0 saturated heterocycles. The number of aromatic nitrogens is 4. The molecule has 0 radical (unpaired) electrons. The summed E-state index contributed by atoms with van der Waals surface area (Å²) < 4.78 is 4.34. The summed E-state index contributed by atoms with van der Waals surface area (Å²) in [7, 11) is 1.63. The SMILES string of the molecule is Cn1c(=O)n(CCCO)c(=O)c2c1[nH]n2Cc1ccccc1. The van der Waals surface area contributed by atoms with Gasteiger partial charge in [-0.2, -0.15) is 0 Å². The summed E-state index contributed by atoms with van der Waals surface area (Å²) in [6.45, 7) is 0.703. The molecular formula is C15H18N4O3. The second-order valence-corrected chi connectivity index (χ2v) is 5.26. The predicted molar refractivity (Wildman–Crippen MR) is 83.0 cm³/mol. The highest BCUT2D eigenvalue weighted by molar-refractivity contribution is 5.71. The van der Waals surface area contributed by atoms with Crippen LogP contribution in [0.5, 0.6) is 0 Å². The van der Waals surface area contributed by atoms with Gasteiger partial charge in [0, 0.05) is 20.2 Å². The molecule has 7 heteroatoms. The molecule has 0 fully saturated rings. The number of aliphatic hydroxyl groups excluding tert-OH is 1. The van der Waals surface area contributed by atoms with Crippen molar-refractivity contribution in [3.8, 4) is 0 Å². The number of benzene rings is 1. The van der Waals surface area contributed by atoms with Gasteiger partial charge in [-0.3, -0.25) is 23.7 Å². The Balaban J connectivity index is 2.07. The van der Waals surface area contributed by atoms with E-state index in [1.807, 2.05) is 30.3 Å². The van der Waals surface area contributed by atoms with Crippen molar-refractivity contribution < 1.29 is 5.11 Å². The average molecular weight is 302 g/mol. The molecule has 0 unspecified atom stereocenters. The Morgan fingerprint density at radius 1 is 1.18 bits per heavy atom. The third-order valence-corrected chi connectivity index (χ3v) is 3.76. The number of fused-ring (bicyclic) bond motifs is 1. The number of hydrogen-bond donors (Lipinski definition) is 2. The Bertz CT molecular complexity index is 899. The molecule has 1 aromatic carbocycles. The van der Waals surface area contributed by atoms with E-state index in [1.165, 1.54) is 9.13 Å². The Morgan fingerprint density at radius 2 is 1.91 bits per heavy atom. The minimum absolute atomic E-state index is 0.0569. The maximum Gasteiger partial charge on any atom is 0.332 e. The normalized spacial score (nSPS) is 11.4. The van der Waals surface area contributed by atoms with Crippen LogP contribution in [0.15, 0.2) is 39.9 Å². The minimum atomic E-state index is -0.371. The first-order chi connectivity index (χ1) is 10.6. The van der Waals surface area contributed by atoms with Crippen molar-refractivity contribution in [1.29, 1.82) is 0 Å². The molecule has 0 amide bonds. The van der Waals surface area contributed by atoms with Crippen molar-refractivity contribution in [3.05, 3.63) is 56.7 Å². The van der Waals surface area contributed by atoms with Crippen molar-refractivity contribution in [3.63, 3.8) is 0 Å². The molecule has 2 N–H and O–H groups in total. The zero-order valence-electron chi connectivity index (χ0n) is 12.3. The van der Waals surface area contributed by atoms with Gasteiger partial charge in [0.25, 0.3) is 5.56 Å². The zero-order valence-corrected chi connectivity index (χ0v) is 12.3. The molecule has 116 valence electrons. The van der Waals surface area contributed by atoms with Gasteiger partial charge >= 0.3 is 5.69 Å². The van der Waals surface area contributed by atoms with E-state index in [2.05, 4.69) is 5.10 Å². The van der Waals surface area contributed by atoms with Gasteiger partial charge in [-0.25, -0.2) is 4.79 Å². The highest BCUT2D eigenvalue weighted by Crippen LogP contribution is 2.11. The Morgan fingerprint density at radius 3 is 2.59 bits per heavy atom. The smallest absolute Gasteiger partial charge is 0.332 e. The van der Waals surface area contributed by atoms with Gasteiger partial charge in [0.15, 0.2) is 11.2 Å². The third-order valence-electron chi connectivity index (χ3n) is 3.76. The average Bonchev–Trinajstić information content (AvgIpc) is 2.50. The van der Waals surface area contributed by atoms with Crippen LogP contribution in [-0.2, 0) is 20.1 Å². The van der Waals surface area contributed by atoms with Crippen LogP contribution in [0.3, 0.4) is 0 Å². The van der Waals surface area contributed by atoms with Crippen LogP contribution in [0.2, 0.25) is 0 Å². The first kappa shape index (κ1) is 14.4. The number of hydrogen-bond acceptors (Lipinski definition) is 3. The van der Waals surface area contributed by atoms with Crippen molar-refractivity contribution in [2.45, 2.75) is 19.5 Å². The molecule has 2 aromatic heterocycles. The summed E-state index contributed by atoms with van der Waals surface area (Å²) in [5.74, 6) is 0. The van der Waals surface area contributed by atoms with Crippen LogP contribution in [0.1, 0.15) is 12.0 Å². The van der Waals surface area contributed by atoms with E-state index in [9.17, 15) is 9.59 Å². The van der Waals surface area contributed by atoms with Gasteiger partial charge in [-0.1, -0.05) is 30.3 Å². The van der Waals surface area contributed by atoms with Crippen LogP contribution >= 0.6 is 0 Å². The van der Waals surface area contributed by atoms with E-state index in [4.69, 9.17) is 5.11 Å².